The summed E-state index contributed by atoms with van der Waals surface area (Å²) in [6.45, 7) is 10.5. The number of carboxylic acid groups (broad SMARTS) is 1. The molecule has 3 rings (SSSR count). The lowest BCUT2D eigenvalue weighted by Crippen LogP contribution is -2.48. The number of fused-ring (bicyclic) bond motifs is 1. The maximum Gasteiger partial charge on any atom is 0.407 e. The average molecular weight is 356 g/mol. The molecule has 0 spiro atoms. The van der Waals surface area contributed by atoms with Gasteiger partial charge in [-0.25, -0.2) is 14.8 Å². The molecule has 8 nitrogen and oxygen atoms in total. The van der Waals surface area contributed by atoms with Gasteiger partial charge in [-0.2, -0.15) is 5.26 Å². The summed E-state index contributed by atoms with van der Waals surface area (Å²) in [5, 5.41) is 19.1. The molecule has 0 bridgehead atoms. The highest BCUT2D eigenvalue weighted by Gasteiger charge is 2.23. The minimum absolute atomic E-state index is 0.0560. The molecule has 0 unspecified atom stereocenters. The van der Waals surface area contributed by atoms with E-state index in [1.165, 1.54) is 4.90 Å². The fraction of sp³-hybridized carbons (Fsp3) is 0.556. The van der Waals surface area contributed by atoms with Crippen LogP contribution in [0.3, 0.4) is 0 Å². The van der Waals surface area contributed by atoms with Crippen LogP contribution in [-0.4, -0.2) is 61.7 Å². The van der Waals surface area contributed by atoms with Crippen LogP contribution >= 0.6 is 0 Å². The van der Waals surface area contributed by atoms with E-state index in [2.05, 4.69) is 46.3 Å². The second-order valence-corrected chi connectivity index (χ2v) is 7.91. The minimum atomic E-state index is -0.856. The van der Waals surface area contributed by atoms with Gasteiger partial charge in [0, 0.05) is 56.5 Å². The third-order valence-corrected chi connectivity index (χ3v) is 4.48. The largest absolute Gasteiger partial charge is 0.465 e. The summed E-state index contributed by atoms with van der Waals surface area (Å²) in [4.78, 5) is 23.3. The van der Waals surface area contributed by atoms with Gasteiger partial charge in [0.2, 0.25) is 5.82 Å². The Labute approximate surface area is 152 Å². The normalized spacial score (nSPS) is 16.0. The molecular weight excluding hydrogens is 332 g/mol. The lowest BCUT2D eigenvalue weighted by Gasteiger charge is -2.33. The fourth-order valence-electron chi connectivity index (χ4n) is 3.26. The van der Waals surface area contributed by atoms with Crippen LogP contribution in [0.4, 0.5) is 4.79 Å². The molecular formula is C18H24N6O2. The van der Waals surface area contributed by atoms with E-state index < -0.39 is 6.09 Å². The van der Waals surface area contributed by atoms with E-state index in [1.54, 1.807) is 6.20 Å². The summed E-state index contributed by atoms with van der Waals surface area (Å²) in [5.74, 6) is 0.174. The molecule has 8 heteroatoms. The molecule has 1 amide bonds. The van der Waals surface area contributed by atoms with Crippen molar-refractivity contribution in [1.29, 1.82) is 5.26 Å². The highest BCUT2D eigenvalue weighted by molar-refractivity contribution is 5.77. The Hall–Kier alpha value is -2.66. The third-order valence-electron chi connectivity index (χ3n) is 4.48. The van der Waals surface area contributed by atoms with Crippen LogP contribution in [0.2, 0.25) is 0 Å². The van der Waals surface area contributed by atoms with E-state index >= 15 is 0 Å². The summed E-state index contributed by atoms with van der Waals surface area (Å²) in [5.41, 5.74) is 1.95. The van der Waals surface area contributed by atoms with Crippen molar-refractivity contribution in [2.75, 3.05) is 26.2 Å². The first-order chi connectivity index (χ1) is 12.3. The molecule has 138 valence electrons. The Morgan fingerprint density at radius 1 is 1.31 bits per heavy atom. The molecule has 1 aliphatic rings. The molecule has 0 aliphatic carbocycles. The third kappa shape index (κ3) is 3.94. The Morgan fingerprint density at radius 3 is 2.58 bits per heavy atom. The van der Waals surface area contributed by atoms with Crippen LogP contribution in [0.25, 0.3) is 11.0 Å². The van der Waals surface area contributed by atoms with Crippen molar-refractivity contribution in [1.82, 2.24) is 24.3 Å². The Balaban J connectivity index is 1.88. The molecule has 2 aromatic rings. The van der Waals surface area contributed by atoms with Crippen molar-refractivity contribution in [2.45, 2.75) is 33.9 Å². The van der Waals surface area contributed by atoms with Gasteiger partial charge in [-0.1, -0.05) is 20.8 Å². The summed E-state index contributed by atoms with van der Waals surface area (Å²) in [6, 6.07) is 4.08. The second-order valence-electron chi connectivity index (χ2n) is 7.91. The molecule has 3 heterocycles. The molecule has 1 N–H and O–H groups in total. The zero-order valence-corrected chi connectivity index (χ0v) is 15.4. The van der Waals surface area contributed by atoms with Crippen molar-refractivity contribution >= 4 is 17.1 Å². The van der Waals surface area contributed by atoms with Crippen molar-refractivity contribution in [3.05, 3.63) is 23.8 Å². The van der Waals surface area contributed by atoms with Crippen LogP contribution in [0.1, 0.15) is 32.3 Å². The number of hydrogen-bond donors (Lipinski definition) is 1. The Bertz CT molecular complexity index is 853. The van der Waals surface area contributed by atoms with Gasteiger partial charge in [0.15, 0.2) is 0 Å². The summed E-state index contributed by atoms with van der Waals surface area (Å²) >= 11 is 0. The van der Waals surface area contributed by atoms with Crippen molar-refractivity contribution in [2.24, 2.45) is 5.41 Å². The van der Waals surface area contributed by atoms with Crippen molar-refractivity contribution in [3.63, 3.8) is 0 Å². The van der Waals surface area contributed by atoms with Gasteiger partial charge in [0.1, 0.15) is 11.7 Å². The minimum Gasteiger partial charge on any atom is -0.465 e. The molecule has 0 atom stereocenters. The first-order valence-corrected chi connectivity index (χ1v) is 8.72. The van der Waals surface area contributed by atoms with Gasteiger partial charge in [0.25, 0.3) is 0 Å². The van der Waals surface area contributed by atoms with E-state index in [1.807, 2.05) is 6.07 Å². The van der Waals surface area contributed by atoms with E-state index in [-0.39, 0.29) is 11.2 Å². The summed E-state index contributed by atoms with van der Waals surface area (Å²) < 4.78 is 2.17. The maximum atomic E-state index is 11.1. The molecule has 1 saturated heterocycles. The smallest absolute Gasteiger partial charge is 0.407 e. The van der Waals surface area contributed by atoms with Crippen LogP contribution in [0.5, 0.6) is 0 Å². The SMILES string of the molecule is CC(C)(C)Cn1c(CN2CCN(C(=O)O)CC2)cc2cnc(C#N)nc21. The molecule has 1 fully saturated rings. The average Bonchev–Trinajstić information content (AvgIpc) is 2.90. The molecule has 1 aliphatic heterocycles. The van der Waals surface area contributed by atoms with Crippen LogP contribution in [-0.2, 0) is 13.1 Å². The quantitative estimate of drug-likeness (QED) is 0.905. The van der Waals surface area contributed by atoms with Gasteiger partial charge < -0.3 is 14.6 Å². The number of amides is 1. The lowest BCUT2D eigenvalue weighted by atomic mass is 9.97. The van der Waals surface area contributed by atoms with E-state index in [4.69, 9.17) is 10.4 Å². The van der Waals surface area contributed by atoms with Gasteiger partial charge in [-0.3, -0.25) is 4.90 Å². The summed E-state index contributed by atoms with van der Waals surface area (Å²) in [7, 11) is 0. The number of aromatic nitrogens is 3. The highest BCUT2D eigenvalue weighted by atomic mass is 16.4. The molecule has 0 saturated carbocycles. The Morgan fingerprint density at radius 2 is 2.00 bits per heavy atom. The molecule has 2 aromatic heterocycles. The topological polar surface area (TPSA) is 98.3 Å². The number of hydrogen-bond acceptors (Lipinski definition) is 5. The monoisotopic (exact) mass is 356 g/mol. The molecule has 0 aromatic carbocycles. The first kappa shape index (κ1) is 18.1. The van der Waals surface area contributed by atoms with Crippen molar-refractivity contribution < 1.29 is 9.90 Å². The predicted molar refractivity (Wildman–Crippen MR) is 96.6 cm³/mol. The van der Waals surface area contributed by atoms with Crippen LogP contribution < -0.4 is 0 Å². The second kappa shape index (κ2) is 6.92. The van der Waals surface area contributed by atoms with Crippen LogP contribution in [0, 0.1) is 16.7 Å². The van der Waals surface area contributed by atoms with Gasteiger partial charge in [0.05, 0.1) is 0 Å². The standard InChI is InChI=1S/C18H24N6O2/c1-18(2,3)12-24-14(8-13-10-20-15(9-19)21-16(13)24)11-22-4-6-23(7-5-22)17(25)26/h8,10H,4-7,11-12H2,1-3H3,(H,25,26). The number of nitriles is 1. The summed E-state index contributed by atoms with van der Waals surface area (Å²) in [6.07, 6.45) is 0.845. The molecule has 0 radical (unpaired) electrons. The highest BCUT2D eigenvalue weighted by Crippen LogP contribution is 2.25. The lowest BCUT2D eigenvalue weighted by molar-refractivity contribution is 0.102. The zero-order valence-electron chi connectivity index (χ0n) is 15.4. The van der Waals surface area contributed by atoms with E-state index in [9.17, 15) is 4.79 Å². The predicted octanol–water partition coefficient (Wildman–Crippen LogP) is 2.14. The van der Waals surface area contributed by atoms with Gasteiger partial charge in [-0.05, 0) is 11.5 Å². The number of nitrogens with zero attached hydrogens (tertiary/aromatic N) is 6. The molecule has 26 heavy (non-hydrogen) atoms. The van der Waals surface area contributed by atoms with Gasteiger partial charge in [-0.15, -0.1) is 0 Å². The number of carbonyl (C=O) groups is 1. The van der Waals surface area contributed by atoms with E-state index in [0.717, 1.165) is 29.8 Å². The zero-order chi connectivity index (χ0) is 18.9. The van der Waals surface area contributed by atoms with E-state index in [0.29, 0.717) is 26.2 Å². The fourth-order valence-corrected chi connectivity index (χ4v) is 3.26. The Kier molecular flexibility index (Phi) is 4.83. The van der Waals surface area contributed by atoms with Crippen molar-refractivity contribution in [3.8, 4) is 6.07 Å². The number of piperazine rings is 1. The maximum absolute atomic E-state index is 11.1. The number of rotatable bonds is 3. The first-order valence-electron chi connectivity index (χ1n) is 8.72. The van der Waals surface area contributed by atoms with Gasteiger partial charge >= 0.3 is 6.09 Å². The van der Waals surface area contributed by atoms with Crippen LogP contribution in [0.15, 0.2) is 12.3 Å².